The first-order valence-electron chi connectivity index (χ1n) is 24.4. The number of aliphatic imine (C=N–C) groups is 4. The molecule has 0 amide bonds. The Labute approximate surface area is 431 Å². The lowest BCUT2D eigenvalue weighted by atomic mass is 9.96. The van der Waals surface area contributed by atoms with Crippen LogP contribution in [0.2, 0.25) is 0 Å². The number of rotatable bonds is 26. The van der Waals surface area contributed by atoms with Crippen LogP contribution in [0, 0.1) is 0 Å². The van der Waals surface area contributed by atoms with Gasteiger partial charge in [-0.05, 0) is 35.1 Å². The number of guanidine groups is 4. The molecule has 3 heterocycles. The van der Waals surface area contributed by atoms with Crippen molar-refractivity contribution in [1.82, 2.24) is 29.9 Å². The van der Waals surface area contributed by atoms with Gasteiger partial charge in [-0.2, -0.15) is 29.9 Å². The van der Waals surface area contributed by atoms with E-state index in [4.69, 9.17) is 75.8 Å². The summed E-state index contributed by atoms with van der Waals surface area (Å²) in [6, 6.07) is 40.3. The van der Waals surface area contributed by atoms with Crippen LogP contribution in [-0.4, -0.2) is 131 Å². The topological polar surface area (TPSA) is 372 Å². The second kappa shape index (κ2) is 26.8. The smallest absolute Gasteiger partial charge is 0.232 e. The predicted octanol–water partition coefficient (Wildman–Crippen LogP) is 0.536. The molecule has 1 saturated heterocycles. The first kappa shape index (κ1) is 52.6. The van der Waals surface area contributed by atoms with E-state index < -0.39 is 0 Å². The van der Waals surface area contributed by atoms with Gasteiger partial charge in [0, 0.05) is 52.4 Å². The SMILES string of the molecule is NC(N)=NCCN(CCN=C(N)N)c1nc(NCc2ccccc2)nc(N2CC(Cc3ccccc3)N(c3nc(NCc4ccccc4)nc(N(CCN=C(N)N)CCN=C(N)N)n3)CC2Cc2ccccc2)n1. The fourth-order valence-corrected chi connectivity index (χ4v) is 8.34. The number of nitrogens with zero attached hydrogens (tertiary/aromatic N) is 14. The lowest BCUT2D eigenvalue weighted by Crippen LogP contribution is -2.61. The van der Waals surface area contributed by atoms with Gasteiger partial charge < -0.3 is 76.1 Å². The monoisotopic (exact) mass is 1000 g/mol. The molecule has 6 aromatic rings. The number of piperazine rings is 1. The molecule has 0 spiro atoms. The molecular weight excluding hydrogens is 937 g/mol. The average Bonchev–Trinajstić information content (AvgIpc) is 3.39. The predicted molar refractivity (Wildman–Crippen MR) is 297 cm³/mol. The second-order valence-corrected chi connectivity index (χ2v) is 17.4. The summed E-state index contributed by atoms with van der Waals surface area (Å²) in [7, 11) is 0. The number of hydrogen-bond donors (Lipinski definition) is 10. The van der Waals surface area contributed by atoms with E-state index in [1.165, 1.54) is 0 Å². The summed E-state index contributed by atoms with van der Waals surface area (Å²) in [6.45, 7) is 4.30. The van der Waals surface area contributed by atoms with E-state index >= 15 is 0 Å². The minimum absolute atomic E-state index is 0.0317. The van der Waals surface area contributed by atoms with Crippen LogP contribution in [0.15, 0.2) is 141 Å². The van der Waals surface area contributed by atoms with E-state index in [0.717, 1.165) is 22.3 Å². The zero-order valence-corrected chi connectivity index (χ0v) is 41.5. The number of benzene rings is 4. The number of aromatic nitrogens is 6. The maximum Gasteiger partial charge on any atom is 0.232 e. The molecule has 18 N–H and O–H groups in total. The van der Waals surface area contributed by atoms with Crippen molar-refractivity contribution in [1.29, 1.82) is 0 Å². The van der Waals surface area contributed by atoms with Gasteiger partial charge >= 0.3 is 0 Å². The van der Waals surface area contributed by atoms with E-state index in [9.17, 15) is 0 Å². The van der Waals surface area contributed by atoms with Crippen LogP contribution in [-0.2, 0) is 25.9 Å². The molecule has 0 radical (unpaired) electrons. The van der Waals surface area contributed by atoms with Gasteiger partial charge in [-0.1, -0.05) is 121 Å². The Morgan fingerprint density at radius 1 is 0.419 bits per heavy atom. The first-order valence-corrected chi connectivity index (χ1v) is 24.4. The van der Waals surface area contributed by atoms with E-state index in [2.05, 4.69) is 64.7 Å². The highest BCUT2D eigenvalue weighted by Crippen LogP contribution is 2.31. The van der Waals surface area contributed by atoms with Crippen LogP contribution in [0.3, 0.4) is 0 Å². The van der Waals surface area contributed by atoms with Crippen LogP contribution in [0.25, 0.3) is 0 Å². The van der Waals surface area contributed by atoms with Gasteiger partial charge in [0.25, 0.3) is 0 Å². The molecule has 0 aliphatic carbocycles. The molecule has 1 fully saturated rings. The Morgan fingerprint density at radius 3 is 1.01 bits per heavy atom. The summed E-state index contributed by atoms with van der Waals surface area (Å²) in [4.78, 5) is 56.4. The largest absolute Gasteiger partial charge is 0.370 e. The van der Waals surface area contributed by atoms with Gasteiger partial charge in [0.2, 0.25) is 35.7 Å². The average molecular weight is 1010 g/mol. The molecule has 388 valence electrons. The summed E-state index contributed by atoms with van der Waals surface area (Å²) in [6.07, 6.45) is 1.23. The van der Waals surface area contributed by atoms with E-state index in [0.29, 0.717) is 101 Å². The summed E-state index contributed by atoms with van der Waals surface area (Å²) >= 11 is 0. The van der Waals surface area contributed by atoms with Crippen LogP contribution < -0.4 is 76.1 Å². The summed E-state index contributed by atoms with van der Waals surface area (Å²) < 4.78 is 0. The zero-order chi connectivity index (χ0) is 52.1. The highest BCUT2D eigenvalue weighted by atomic mass is 15.4. The second-order valence-electron chi connectivity index (χ2n) is 17.4. The van der Waals surface area contributed by atoms with Crippen molar-refractivity contribution in [3.05, 3.63) is 144 Å². The van der Waals surface area contributed by atoms with Crippen molar-refractivity contribution in [3.63, 3.8) is 0 Å². The van der Waals surface area contributed by atoms with Crippen LogP contribution in [0.1, 0.15) is 22.3 Å². The van der Waals surface area contributed by atoms with E-state index in [1.54, 1.807) is 0 Å². The molecule has 2 atom stereocenters. The highest BCUT2D eigenvalue weighted by molar-refractivity contribution is 5.76. The van der Waals surface area contributed by atoms with Crippen molar-refractivity contribution in [2.24, 2.45) is 65.8 Å². The summed E-state index contributed by atoms with van der Waals surface area (Å²) in [5.41, 5.74) is 50.5. The number of anilines is 6. The van der Waals surface area contributed by atoms with Gasteiger partial charge in [-0.25, -0.2) is 0 Å². The van der Waals surface area contributed by atoms with Crippen molar-refractivity contribution in [2.45, 2.75) is 38.0 Å². The van der Waals surface area contributed by atoms with E-state index in [1.807, 2.05) is 107 Å². The van der Waals surface area contributed by atoms with Gasteiger partial charge in [0.05, 0.1) is 38.3 Å². The molecule has 1 aliphatic rings. The Morgan fingerprint density at radius 2 is 0.716 bits per heavy atom. The lowest BCUT2D eigenvalue weighted by molar-refractivity contribution is 0.427. The molecule has 2 unspecified atom stereocenters. The van der Waals surface area contributed by atoms with E-state index in [-0.39, 0.29) is 62.1 Å². The third-order valence-electron chi connectivity index (χ3n) is 11.9. The summed E-state index contributed by atoms with van der Waals surface area (Å²) in [5.74, 6) is 2.33. The molecule has 7 rings (SSSR count). The van der Waals surface area contributed by atoms with Crippen molar-refractivity contribution < 1.29 is 0 Å². The lowest BCUT2D eigenvalue weighted by Gasteiger charge is -2.47. The Kier molecular flexibility index (Phi) is 19.1. The first-order chi connectivity index (χ1) is 35.9. The molecule has 1 aliphatic heterocycles. The zero-order valence-electron chi connectivity index (χ0n) is 41.5. The molecule has 74 heavy (non-hydrogen) atoms. The highest BCUT2D eigenvalue weighted by Gasteiger charge is 2.38. The summed E-state index contributed by atoms with van der Waals surface area (Å²) in [5, 5.41) is 6.96. The molecule has 24 nitrogen and oxygen atoms in total. The third kappa shape index (κ3) is 16.4. The van der Waals surface area contributed by atoms with Gasteiger partial charge in [-0.3, -0.25) is 20.0 Å². The normalized spacial score (nSPS) is 14.1. The molecule has 2 aromatic heterocycles. The van der Waals surface area contributed by atoms with Crippen LogP contribution >= 0.6 is 0 Å². The van der Waals surface area contributed by atoms with Crippen LogP contribution in [0.4, 0.5) is 35.7 Å². The standard InChI is InChI=1S/C50H68N24/c51-41(52)59-21-25-71(26-22-60-42(53)54)47-65-45(63-31-37-17-9-3-10-18-37)67-49(69-47)73-34-40(30-36-15-7-2-8-16-36)74(33-39(73)29-35-13-5-1-6-14-35)50-68-46(64-32-38-19-11-4-12-20-38)66-48(70-50)72(27-23-61-43(55)56)28-24-62-44(57)58/h1-20,39-40H,21-34H2,(H4,51,52,59)(H4,53,54,60)(H4,55,56,61)(H4,57,58,62)(H,63,65,67,69)(H,64,66,68,70). The van der Waals surface area contributed by atoms with Gasteiger partial charge in [0.1, 0.15) is 0 Å². The molecule has 24 heteroatoms. The Hall–Kier alpha value is -9.22. The minimum atomic E-state index is -0.237. The van der Waals surface area contributed by atoms with Crippen molar-refractivity contribution >= 4 is 59.5 Å². The number of nitrogens with two attached hydrogens (primary N) is 8. The minimum Gasteiger partial charge on any atom is -0.370 e. The molecular formula is C50H68N24. The fourth-order valence-electron chi connectivity index (χ4n) is 8.34. The third-order valence-corrected chi connectivity index (χ3v) is 11.9. The molecule has 0 bridgehead atoms. The number of nitrogens with one attached hydrogen (secondary N) is 2. The van der Waals surface area contributed by atoms with Crippen LogP contribution in [0.5, 0.6) is 0 Å². The van der Waals surface area contributed by atoms with Gasteiger partial charge in [0.15, 0.2) is 23.8 Å². The maximum atomic E-state index is 5.77. The van der Waals surface area contributed by atoms with Gasteiger partial charge in [-0.15, -0.1) is 0 Å². The van der Waals surface area contributed by atoms with Crippen molar-refractivity contribution in [2.75, 3.05) is 95.7 Å². The molecule has 4 aromatic carbocycles. The maximum absolute atomic E-state index is 5.77. The van der Waals surface area contributed by atoms with Crippen molar-refractivity contribution in [3.8, 4) is 0 Å². The molecule has 0 saturated carbocycles. The Balaban J connectivity index is 1.36. The quantitative estimate of drug-likeness (QED) is 0.0262. The Bertz CT molecular complexity index is 2530. The fraction of sp³-hybridized carbons (Fsp3) is 0.320. The number of hydrogen-bond acceptors (Lipinski definition) is 16.